The quantitative estimate of drug-likeness (QED) is 0.851. The van der Waals surface area contributed by atoms with E-state index in [0.717, 1.165) is 58.5 Å². The summed E-state index contributed by atoms with van der Waals surface area (Å²) in [5, 5.41) is 4.36. The highest BCUT2D eigenvalue weighted by Crippen LogP contribution is 2.28. The van der Waals surface area contributed by atoms with Crippen molar-refractivity contribution in [1.82, 2.24) is 14.7 Å². The summed E-state index contributed by atoms with van der Waals surface area (Å²) in [5.41, 5.74) is 7.53. The Morgan fingerprint density at radius 2 is 1.92 bits per heavy atom. The number of likely N-dealkylation sites (tertiary alicyclic amines) is 1. The Kier molecular flexibility index (Phi) is 9.21. The SMILES string of the molecule is CCn1cc(C2CCN(C(=O)C(N)C3CCOCC3)CC2)cn1.Cl.Cl. The van der Waals surface area contributed by atoms with Crippen LogP contribution >= 0.6 is 24.8 Å². The van der Waals surface area contributed by atoms with Crippen LogP contribution < -0.4 is 5.73 Å². The van der Waals surface area contributed by atoms with Crippen LogP contribution in [0.15, 0.2) is 12.4 Å². The van der Waals surface area contributed by atoms with Crippen LogP contribution in [0.3, 0.4) is 0 Å². The van der Waals surface area contributed by atoms with Gasteiger partial charge in [0.2, 0.25) is 5.91 Å². The molecule has 2 aliphatic rings. The molecule has 1 atom stereocenters. The minimum Gasteiger partial charge on any atom is -0.381 e. The fraction of sp³-hybridized carbons (Fsp3) is 0.765. The number of aryl methyl sites for hydroxylation is 1. The average Bonchev–Trinajstić information content (AvgIpc) is 3.10. The van der Waals surface area contributed by atoms with Gasteiger partial charge in [-0.05, 0) is 50.0 Å². The van der Waals surface area contributed by atoms with E-state index in [0.29, 0.717) is 5.92 Å². The average molecular weight is 393 g/mol. The van der Waals surface area contributed by atoms with Crippen LogP contribution in [0.1, 0.15) is 44.1 Å². The van der Waals surface area contributed by atoms with Crippen molar-refractivity contribution in [2.24, 2.45) is 11.7 Å². The van der Waals surface area contributed by atoms with Gasteiger partial charge in [-0.25, -0.2) is 0 Å². The molecule has 0 spiro atoms. The Morgan fingerprint density at radius 1 is 1.28 bits per heavy atom. The van der Waals surface area contributed by atoms with Gasteiger partial charge in [0, 0.05) is 39.0 Å². The first kappa shape index (κ1) is 22.2. The Morgan fingerprint density at radius 3 is 2.48 bits per heavy atom. The van der Waals surface area contributed by atoms with Gasteiger partial charge in [-0.2, -0.15) is 5.10 Å². The predicted octanol–water partition coefficient (Wildman–Crippen LogP) is 2.21. The Hall–Kier alpha value is -0.820. The summed E-state index contributed by atoms with van der Waals surface area (Å²) < 4.78 is 7.33. The number of aromatic nitrogens is 2. The molecular weight excluding hydrogens is 363 g/mol. The topological polar surface area (TPSA) is 73.4 Å². The molecule has 0 radical (unpaired) electrons. The molecule has 3 rings (SSSR count). The van der Waals surface area contributed by atoms with Gasteiger partial charge in [0.1, 0.15) is 0 Å². The van der Waals surface area contributed by atoms with Gasteiger partial charge >= 0.3 is 0 Å². The molecule has 25 heavy (non-hydrogen) atoms. The number of amides is 1. The molecule has 0 bridgehead atoms. The molecule has 0 aliphatic carbocycles. The van der Waals surface area contributed by atoms with Gasteiger partial charge < -0.3 is 15.4 Å². The van der Waals surface area contributed by atoms with E-state index < -0.39 is 0 Å². The molecule has 0 saturated carbocycles. The molecule has 6 nitrogen and oxygen atoms in total. The first-order chi connectivity index (χ1) is 11.2. The number of carbonyl (C=O) groups is 1. The van der Waals surface area contributed by atoms with E-state index in [9.17, 15) is 4.79 Å². The molecule has 1 aromatic rings. The monoisotopic (exact) mass is 392 g/mol. The van der Waals surface area contributed by atoms with Crippen molar-refractivity contribution < 1.29 is 9.53 Å². The summed E-state index contributed by atoms with van der Waals surface area (Å²) in [5.74, 6) is 0.912. The third-order valence-electron chi connectivity index (χ3n) is 5.31. The molecule has 2 saturated heterocycles. The third-order valence-corrected chi connectivity index (χ3v) is 5.31. The van der Waals surface area contributed by atoms with Crippen molar-refractivity contribution in [2.45, 2.75) is 51.1 Å². The van der Waals surface area contributed by atoms with Crippen LogP contribution in [0.4, 0.5) is 0 Å². The number of carbonyl (C=O) groups excluding carboxylic acids is 1. The highest BCUT2D eigenvalue weighted by Gasteiger charge is 2.32. The molecule has 1 aromatic heterocycles. The minimum atomic E-state index is -0.363. The number of hydrogen-bond acceptors (Lipinski definition) is 4. The van der Waals surface area contributed by atoms with Crippen molar-refractivity contribution in [1.29, 1.82) is 0 Å². The number of piperidine rings is 1. The molecule has 2 aliphatic heterocycles. The summed E-state index contributed by atoms with van der Waals surface area (Å²) in [6, 6.07) is -0.363. The van der Waals surface area contributed by atoms with E-state index in [2.05, 4.69) is 18.2 Å². The standard InChI is InChI=1S/C17H28N4O2.2ClH/c1-2-21-12-15(11-19-21)13-3-7-20(8-4-13)17(22)16(18)14-5-9-23-10-6-14;;/h11-14,16H,2-10,18H2,1H3;2*1H. The number of halogens is 2. The van der Waals surface area contributed by atoms with Crippen LogP contribution in [0.2, 0.25) is 0 Å². The molecule has 1 unspecified atom stereocenters. The highest BCUT2D eigenvalue weighted by molar-refractivity contribution is 5.85. The van der Waals surface area contributed by atoms with Gasteiger partial charge in [-0.1, -0.05) is 0 Å². The van der Waals surface area contributed by atoms with Crippen molar-refractivity contribution in [3.05, 3.63) is 18.0 Å². The smallest absolute Gasteiger partial charge is 0.239 e. The van der Waals surface area contributed by atoms with E-state index in [4.69, 9.17) is 10.5 Å². The molecule has 2 N–H and O–H groups in total. The lowest BCUT2D eigenvalue weighted by molar-refractivity contribution is -0.135. The van der Waals surface area contributed by atoms with Crippen molar-refractivity contribution in [3.63, 3.8) is 0 Å². The predicted molar refractivity (Wildman–Crippen MR) is 102 cm³/mol. The Bertz CT molecular complexity index is 526. The van der Waals surface area contributed by atoms with E-state index >= 15 is 0 Å². The van der Waals surface area contributed by atoms with Crippen LogP contribution in [0.25, 0.3) is 0 Å². The van der Waals surface area contributed by atoms with Crippen molar-refractivity contribution >= 4 is 30.7 Å². The number of nitrogens with zero attached hydrogens (tertiary/aromatic N) is 3. The van der Waals surface area contributed by atoms with E-state index in [1.807, 2.05) is 15.8 Å². The van der Waals surface area contributed by atoms with Gasteiger partial charge in [0.05, 0.1) is 12.2 Å². The van der Waals surface area contributed by atoms with Gasteiger partial charge in [0.15, 0.2) is 0 Å². The largest absolute Gasteiger partial charge is 0.381 e. The maximum absolute atomic E-state index is 12.6. The summed E-state index contributed by atoms with van der Waals surface area (Å²) in [6.07, 6.45) is 7.91. The zero-order valence-electron chi connectivity index (χ0n) is 14.8. The second kappa shape index (κ2) is 10.4. The summed E-state index contributed by atoms with van der Waals surface area (Å²) >= 11 is 0. The molecule has 8 heteroatoms. The fourth-order valence-electron chi connectivity index (χ4n) is 3.68. The molecule has 144 valence electrons. The zero-order valence-corrected chi connectivity index (χ0v) is 16.4. The maximum atomic E-state index is 12.6. The maximum Gasteiger partial charge on any atom is 0.239 e. The lowest BCUT2D eigenvalue weighted by Crippen LogP contribution is -2.51. The lowest BCUT2D eigenvalue weighted by Gasteiger charge is -2.35. The minimum absolute atomic E-state index is 0. The van der Waals surface area contributed by atoms with Crippen LogP contribution in [0, 0.1) is 5.92 Å². The first-order valence-electron chi connectivity index (χ1n) is 8.83. The molecule has 1 amide bonds. The third kappa shape index (κ3) is 5.33. The van der Waals surface area contributed by atoms with Gasteiger partial charge in [0.25, 0.3) is 0 Å². The second-order valence-corrected chi connectivity index (χ2v) is 6.70. The fourth-order valence-corrected chi connectivity index (χ4v) is 3.68. The molecular formula is C17H30Cl2N4O2. The molecule has 3 heterocycles. The zero-order chi connectivity index (χ0) is 16.2. The van der Waals surface area contributed by atoms with Crippen LogP contribution in [-0.4, -0.2) is 52.9 Å². The summed E-state index contributed by atoms with van der Waals surface area (Å²) in [4.78, 5) is 14.6. The summed E-state index contributed by atoms with van der Waals surface area (Å²) in [6.45, 7) is 6.06. The lowest BCUT2D eigenvalue weighted by atomic mass is 9.88. The number of ether oxygens (including phenoxy) is 1. The van der Waals surface area contributed by atoms with E-state index in [-0.39, 0.29) is 42.7 Å². The number of nitrogens with two attached hydrogens (primary N) is 1. The number of hydrogen-bond donors (Lipinski definition) is 1. The Balaban J connectivity index is 0.00000156. The second-order valence-electron chi connectivity index (χ2n) is 6.70. The van der Waals surface area contributed by atoms with Crippen molar-refractivity contribution in [3.8, 4) is 0 Å². The van der Waals surface area contributed by atoms with Gasteiger partial charge in [-0.3, -0.25) is 9.48 Å². The van der Waals surface area contributed by atoms with Crippen LogP contribution in [-0.2, 0) is 16.1 Å². The molecule has 0 aromatic carbocycles. The normalized spacial score (nSPS) is 20.5. The summed E-state index contributed by atoms with van der Waals surface area (Å²) in [7, 11) is 0. The van der Waals surface area contributed by atoms with Crippen molar-refractivity contribution in [2.75, 3.05) is 26.3 Å². The van der Waals surface area contributed by atoms with Gasteiger partial charge in [-0.15, -0.1) is 24.8 Å². The number of rotatable bonds is 4. The molecule has 2 fully saturated rings. The van der Waals surface area contributed by atoms with E-state index in [1.165, 1.54) is 5.56 Å². The van der Waals surface area contributed by atoms with Crippen LogP contribution in [0.5, 0.6) is 0 Å². The highest BCUT2D eigenvalue weighted by atomic mass is 35.5. The van der Waals surface area contributed by atoms with E-state index in [1.54, 1.807) is 0 Å². The first-order valence-corrected chi connectivity index (χ1v) is 8.83. The Labute approximate surface area is 162 Å².